The van der Waals surface area contributed by atoms with E-state index in [-0.39, 0.29) is 17.7 Å². The van der Waals surface area contributed by atoms with Crippen LogP contribution in [0.4, 0.5) is 0 Å². The molecule has 0 bridgehead atoms. The van der Waals surface area contributed by atoms with E-state index < -0.39 is 0 Å². The van der Waals surface area contributed by atoms with Crippen molar-refractivity contribution in [2.75, 3.05) is 5.75 Å². The van der Waals surface area contributed by atoms with E-state index >= 15 is 0 Å². The van der Waals surface area contributed by atoms with E-state index in [1.54, 1.807) is 23.7 Å². The lowest BCUT2D eigenvalue weighted by Crippen LogP contribution is -2.32. The Morgan fingerprint density at radius 1 is 1.06 bits per heavy atom. The smallest absolute Gasteiger partial charge is 0.230 e. The van der Waals surface area contributed by atoms with Gasteiger partial charge in [0.1, 0.15) is 0 Å². The molecular weight excluding hydrogens is 462 g/mol. The molecule has 0 spiro atoms. The van der Waals surface area contributed by atoms with Crippen LogP contribution in [0.25, 0.3) is 17.1 Å². The first kappa shape index (κ1) is 24.2. The highest BCUT2D eigenvalue weighted by Gasteiger charge is 2.22. The Labute approximate surface area is 208 Å². The standard InChI is InChI=1S/C26H29N5OS2/c1-17(2)20-10-5-6-11-21(20)31-25(19-9-7-13-27-15-19)29-30-26(31)34-16-23(32)28-24(18(3)4)22-12-8-14-33-22/h5-15,17-18,24H,16H2,1-4H3,(H,28,32)/t24-/m0/s1. The van der Waals surface area contributed by atoms with Crippen molar-refractivity contribution >= 4 is 29.0 Å². The third-order valence-electron chi connectivity index (χ3n) is 5.52. The lowest BCUT2D eigenvalue weighted by atomic mass is 10.0. The molecule has 1 aromatic carbocycles. The number of hydrogen-bond acceptors (Lipinski definition) is 6. The summed E-state index contributed by atoms with van der Waals surface area (Å²) in [4.78, 5) is 18.4. The highest BCUT2D eigenvalue weighted by atomic mass is 32.2. The molecule has 1 atom stereocenters. The molecule has 176 valence electrons. The molecule has 1 N–H and O–H groups in total. The average molecular weight is 492 g/mol. The number of rotatable bonds is 9. The van der Waals surface area contributed by atoms with E-state index in [1.165, 1.54) is 22.2 Å². The lowest BCUT2D eigenvalue weighted by molar-refractivity contribution is -0.119. The summed E-state index contributed by atoms with van der Waals surface area (Å²) in [5, 5.41) is 14.9. The summed E-state index contributed by atoms with van der Waals surface area (Å²) in [5.41, 5.74) is 3.08. The van der Waals surface area contributed by atoms with E-state index in [1.807, 2.05) is 40.3 Å². The Bertz CT molecular complexity index is 1220. The Balaban J connectivity index is 1.63. The first-order valence-corrected chi connectivity index (χ1v) is 13.2. The van der Waals surface area contributed by atoms with Gasteiger partial charge in [-0.2, -0.15) is 0 Å². The van der Waals surface area contributed by atoms with Gasteiger partial charge in [-0.3, -0.25) is 14.3 Å². The second kappa shape index (κ2) is 11.0. The maximum atomic E-state index is 12.9. The molecule has 8 heteroatoms. The summed E-state index contributed by atoms with van der Waals surface area (Å²) >= 11 is 3.06. The second-order valence-corrected chi connectivity index (χ2v) is 10.6. The number of thiophene rings is 1. The summed E-state index contributed by atoms with van der Waals surface area (Å²) in [5.74, 6) is 1.56. The van der Waals surface area contributed by atoms with Crippen LogP contribution in [0.3, 0.4) is 0 Å². The highest BCUT2D eigenvalue weighted by Crippen LogP contribution is 2.32. The number of thioether (sulfide) groups is 1. The Kier molecular flexibility index (Phi) is 7.80. The van der Waals surface area contributed by atoms with E-state index in [0.717, 1.165) is 11.3 Å². The summed E-state index contributed by atoms with van der Waals surface area (Å²) < 4.78 is 2.05. The predicted molar refractivity (Wildman–Crippen MR) is 139 cm³/mol. The molecule has 0 saturated heterocycles. The minimum absolute atomic E-state index is 0.00130. The van der Waals surface area contributed by atoms with Crippen LogP contribution in [-0.2, 0) is 4.79 Å². The van der Waals surface area contributed by atoms with Crippen LogP contribution >= 0.6 is 23.1 Å². The van der Waals surface area contributed by atoms with Crippen LogP contribution in [0, 0.1) is 5.92 Å². The van der Waals surface area contributed by atoms with Gasteiger partial charge in [0, 0.05) is 22.8 Å². The van der Waals surface area contributed by atoms with Crippen molar-refractivity contribution in [3.05, 3.63) is 76.7 Å². The summed E-state index contributed by atoms with van der Waals surface area (Å²) in [6.07, 6.45) is 3.53. The molecule has 4 rings (SSSR count). The molecule has 0 radical (unpaired) electrons. The minimum atomic E-state index is -0.0216. The second-order valence-electron chi connectivity index (χ2n) is 8.69. The van der Waals surface area contributed by atoms with Crippen molar-refractivity contribution in [2.24, 2.45) is 5.92 Å². The fourth-order valence-electron chi connectivity index (χ4n) is 3.82. The number of carbonyl (C=O) groups excluding carboxylic acids is 1. The molecule has 3 aromatic heterocycles. The molecule has 0 aliphatic carbocycles. The van der Waals surface area contributed by atoms with Gasteiger partial charge in [-0.25, -0.2) is 0 Å². The number of benzene rings is 1. The molecule has 0 aliphatic rings. The molecular formula is C26H29N5OS2. The van der Waals surface area contributed by atoms with Crippen LogP contribution in [0.15, 0.2) is 71.5 Å². The Morgan fingerprint density at radius 2 is 1.88 bits per heavy atom. The van der Waals surface area contributed by atoms with Gasteiger partial charge in [0.15, 0.2) is 11.0 Å². The number of nitrogens with one attached hydrogen (secondary N) is 1. The normalized spacial score (nSPS) is 12.3. The first-order valence-electron chi connectivity index (χ1n) is 11.4. The number of nitrogens with zero attached hydrogens (tertiary/aromatic N) is 4. The highest BCUT2D eigenvalue weighted by molar-refractivity contribution is 7.99. The van der Waals surface area contributed by atoms with Crippen molar-refractivity contribution in [2.45, 2.75) is 44.8 Å². The Hall–Kier alpha value is -2.97. The van der Waals surface area contributed by atoms with E-state index in [2.05, 4.69) is 66.4 Å². The first-order chi connectivity index (χ1) is 16.5. The van der Waals surface area contributed by atoms with Gasteiger partial charge in [-0.15, -0.1) is 21.5 Å². The van der Waals surface area contributed by atoms with Crippen LogP contribution in [0.5, 0.6) is 0 Å². The van der Waals surface area contributed by atoms with Gasteiger partial charge < -0.3 is 5.32 Å². The van der Waals surface area contributed by atoms with Gasteiger partial charge in [-0.05, 0) is 47.0 Å². The monoisotopic (exact) mass is 491 g/mol. The largest absolute Gasteiger partial charge is 0.347 e. The molecule has 6 nitrogen and oxygen atoms in total. The number of carbonyl (C=O) groups is 1. The molecule has 0 fully saturated rings. The van der Waals surface area contributed by atoms with Crippen molar-refractivity contribution in [3.63, 3.8) is 0 Å². The van der Waals surface area contributed by atoms with E-state index in [0.29, 0.717) is 22.8 Å². The van der Waals surface area contributed by atoms with Crippen molar-refractivity contribution in [1.29, 1.82) is 0 Å². The molecule has 0 unspecified atom stereocenters. The maximum Gasteiger partial charge on any atom is 0.230 e. The van der Waals surface area contributed by atoms with E-state index in [4.69, 9.17) is 0 Å². The molecule has 0 aliphatic heterocycles. The topological polar surface area (TPSA) is 72.7 Å². The van der Waals surface area contributed by atoms with Crippen LogP contribution < -0.4 is 5.32 Å². The van der Waals surface area contributed by atoms with Gasteiger partial charge in [0.05, 0.1) is 17.5 Å². The van der Waals surface area contributed by atoms with Crippen LogP contribution in [0.2, 0.25) is 0 Å². The summed E-state index contributed by atoms with van der Waals surface area (Å²) in [7, 11) is 0. The number of amides is 1. The third kappa shape index (κ3) is 5.39. The van der Waals surface area contributed by atoms with Gasteiger partial charge in [0.25, 0.3) is 0 Å². The van der Waals surface area contributed by atoms with Gasteiger partial charge in [0.2, 0.25) is 5.91 Å². The average Bonchev–Trinajstić information content (AvgIpc) is 3.52. The van der Waals surface area contributed by atoms with Crippen molar-refractivity contribution in [3.8, 4) is 17.1 Å². The maximum absolute atomic E-state index is 12.9. The number of para-hydroxylation sites is 1. The molecule has 1 amide bonds. The van der Waals surface area contributed by atoms with E-state index in [9.17, 15) is 4.79 Å². The quantitative estimate of drug-likeness (QED) is 0.286. The van der Waals surface area contributed by atoms with Gasteiger partial charge >= 0.3 is 0 Å². The molecule has 34 heavy (non-hydrogen) atoms. The fourth-order valence-corrected chi connectivity index (χ4v) is 5.53. The van der Waals surface area contributed by atoms with Crippen LogP contribution in [0.1, 0.15) is 50.1 Å². The zero-order valence-corrected chi connectivity index (χ0v) is 21.4. The molecule has 4 aromatic rings. The SMILES string of the molecule is CC(C)c1ccccc1-n1c(SCC(=O)N[C@H](c2cccs2)C(C)C)nnc1-c1cccnc1. The predicted octanol–water partition coefficient (Wildman–Crippen LogP) is 6.12. The zero-order valence-electron chi connectivity index (χ0n) is 19.8. The zero-order chi connectivity index (χ0) is 24.1. The summed E-state index contributed by atoms with van der Waals surface area (Å²) in [6.45, 7) is 8.59. The third-order valence-corrected chi connectivity index (χ3v) is 7.40. The fraction of sp³-hybridized carbons (Fsp3) is 0.308. The van der Waals surface area contributed by atoms with Crippen molar-refractivity contribution < 1.29 is 4.79 Å². The minimum Gasteiger partial charge on any atom is -0.347 e. The van der Waals surface area contributed by atoms with Gasteiger partial charge in [-0.1, -0.05) is 63.7 Å². The Morgan fingerprint density at radius 3 is 2.56 bits per heavy atom. The molecule has 3 heterocycles. The lowest BCUT2D eigenvalue weighted by Gasteiger charge is -2.21. The summed E-state index contributed by atoms with van der Waals surface area (Å²) in [6, 6.07) is 16.2. The van der Waals surface area contributed by atoms with Crippen molar-refractivity contribution in [1.82, 2.24) is 25.1 Å². The number of aromatic nitrogens is 4. The van der Waals surface area contributed by atoms with Crippen LogP contribution in [-0.4, -0.2) is 31.4 Å². The number of hydrogen-bond donors (Lipinski definition) is 1. The number of pyridine rings is 1. The molecule has 0 saturated carbocycles.